The van der Waals surface area contributed by atoms with Crippen LogP contribution in [0.1, 0.15) is 29.0 Å². The Morgan fingerprint density at radius 1 is 0.969 bits per heavy atom. The maximum absolute atomic E-state index is 12.7. The smallest absolute Gasteiger partial charge is 0.349 e. The van der Waals surface area contributed by atoms with E-state index in [0.29, 0.717) is 55.0 Å². The van der Waals surface area contributed by atoms with E-state index in [0.717, 1.165) is 25.9 Å². The quantitative estimate of drug-likeness (QED) is 0.592. The third-order valence-electron chi connectivity index (χ3n) is 5.63. The van der Waals surface area contributed by atoms with E-state index in [-0.39, 0.29) is 12.1 Å². The van der Waals surface area contributed by atoms with Crippen LogP contribution in [0.4, 0.5) is 11.9 Å². The number of ether oxygens (including phenoxy) is 1. The van der Waals surface area contributed by atoms with Crippen molar-refractivity contribution in [3.8, 4) is 0 Å². The van der Waals surface area contributed by atoms with Crippen LogP contribution in [0.5, 0.6) is 0 Å². The van der Waals surface area contributed by atoms with Crippen molar-refractivity contribution in [2.45, 2.75) is 19.4 Å². The zero-order chi connectivity index (χ0) is 21.9. The number of amides is 1. The van der Waals surface area contributed by atoms with Crippen molar-refractivity contribution in [3.05, 3.63) is 52.1 Å². The van der Waals surface area contributed by atoms with Crippen LogP contribution in [0.25, 0.3) is 11.0 Å². The zero-order valence-corrected chi connectivity index (χ0v) is 17.6. The zero-order valence-electron chi connectivity index (χ0n) is 17.6. The molecule has 0 bridgehead atoms. The highest BCUT2D eigenvalue weighted by Gasteiger charge is 2.22. The highest BCUT2D eigenvalue weighted by molar-refractivity contribution is 5.96. The van der Waals surface area contributed by atoms with Crippen LogP contribution in [0.2, 0.25) is 0 Å². The first-order chi connectivity index (χ1) is 15.7. The molecule has 10 nitrogen and oxygen atoms in total. The predicted molar refractivity (Wildman–Crippen MR) is 118 cm³/mol. The van der Waals surface area contributed by atoms with Gasteiger partial charge in [-0.25, -0.2) is 4.79 Å². The Morgan fingerprint density at radius 2 is 1.66 bits per heavy atom. The molecule has 166 valence electrons. The van der Waals surface area contributed by atoms with Gasteiger partial charge in [-0.3, -0.25) is 4.79 Å². The van der Waals surface area contributed by atoms with Crippen molar-refractivity contribution in [1.82, 2.24) is 20.3 Å². The molecule has 32 heavy (non-hydrogen) atoms. The Bertz CT molecular complexity index is 1180. The number of anilines is 2. The van der Waals surface area contributed by atoms with E-state index in [1.165, 1.54) is 0 Å². The average Bonchev–Trinajstić information content (AvgIpc) is 3.38. The molecule has 0 atom stereocenters. The SMILES string of the molecule is O=C(NCc1nc(N2CCCC2)nc(N2CCOCC2)n1)c1cc2ccccc2oc1=O. The molecular formula is C22H24N6O4. The van der Waals surface area contributed by atoms with Gasteiger partial charge in [-0.15, -0.1) is 0 Å². The molecule has 1 amide bonds. The molecule has 0 radical (unpaired) electrons. The highest BCUT2D eigenvalue weighted by Crippen LogP contribution is 2.19. The van der Waals surface area contributed by atoms with E-state index in [9.17, 15) is 9.59 Å². The monoisotopic (exact) mass is 436 g/mol. The molecular weight excluding hydrogens is 412 g/mol. The van der Waals surface area contributed by atoms with Gasteiger partial charge in [0.2, 0.25) is 11.9 Å². The van der Waals surface area contributed by atoms with Gasteiger partial charge in [0, 0.05) is 31.6 Å². The van der Waals surface area contributed by atoms with E-state index in [4.69, 9.17) is 9.15 Å². The van der Waals surface area contributed by atoms with Gasteiger partial charge in [0.15, 0.2) is 5.82 Å². The number of hydrogen-bond donors (Lipinski definition) is 1. The van der Waals surface area contributed by atoms with Gasteiger partial charge in [-0.2, -0.15) is 15.0 Å². The summed E-state index contributed by atoms with van der Waals surface area (Å²) in [5, 5.41) is 3.44. The number of morpholine rings is 1. The van der Waals surface area contributed by atoms with E-state index < -0.39 is 11.5 Å². The maximum atomic E-state index is 12.7. The molecule has 0 spiro atoms. The minimum Gasteiger partial charge on any atom is -0.422 e. The molecule has 2 aliphatic rings. The van der Waals surface area contributed by atoms with Gasteiger partial charge in [-0.1, -0.05) is 18.2 Å². The summed E-state index contributed by atoms with van der Waals surface area (Å²) in [7, 11) is 0. The summed E-state index contributed by atoms with van der Waals surface area (Å²) in [6.45, 7) is 4.52. The number of para-hydroxylation sites is 1. The number of hydrogen-bond acceptors (Lipinski definition) is 9. The van der Waals surface area contributed by atoms with Crippen LogP contribution in [0.3, 0.4) is 0 Å². The molecule has 2 saturated heterocycles. The van der Waals surface area contributed by atoms with Crippen LogP contribution < -0.4 is 20.7 Å². The minimum absolute atomic E-state index is 0.0501. The summed E-state index contributed by atoms with van der Waals surface area (Å²) in [5.41, 5.74) is -0.286. The molecule has 1 aromatic carbocycles. The third kappa shape index (κ3) is 4.26. The van der Waals surface area contributed by atoms with Crippen LogP contribution in [-0.2, 0) is 11.3 Å². The molecule has 4 heterocycles. The largest absolute Gasteiger partial charge is 0.422 e. The fraction of sp³-hybridized carbons (Fsp3) is 0.409. The summed E-state index contributed by atoms with van der Waals surface area (Å²) in [6, 6.07) is 8.62. The summed E-state index contributed by atoms with van der Waals surface area (Å²) in [4.78, 5) is 43.0. The molecule has 0 unspecified atom stereocenters. The molecule has 0 aliphatic carbocycles. The molecule has 1 N–H and O–H groups in total. The number of fused-ring (bicyclic) bond motifs is 1. The number of nitrogens with zero attached hydrogens (tertiary/aromatic N) is 5. The van der Waals surface area contributed by atoms with Gasteiger partial charge in [0.25, 0.3) is 5.91 Å². The second-order valence-electron chi connectivity index (χ2n) is 7.81. The normalized spacial score (nSPS) is 16.5. The molecule has 3 aromatic rings. The van der Waals surface area contributed by atoms with Crippen LogP contribution in [-0.4, -0.2) is 60.3 Å². The van der Waals surface area contributed by atoms with Crippen LogP contribution in [0.15, 0.2) is 39.5 Å². The molecule has 10 heteroatoms. The molecule has 2 fully saturated rings. The van der Waals surface area contributed by atoms with Crippen LogP contribution >= 0.6 is 0 Å². The second-order valence-corrected chi connectivity index (χ2v) is 7.81. The Morgan fingerprint density at radius 3 is 2.41 bits per heavy atom. The van der Waals surface area contributed by atoms with Gasteiger partial charge in [0.1, 0.15) is 11.1 Å². The lowest BCUT2D eigenvalue weighted by atomic mass is 10.2. The lowest BCUT2D eigenvalue weighted by Gasteiger charge is -2.28. The number of carbonyl (C=O) groups is 1. The number of aromatic nitrogens is 3. The fourth-order valence-corrected chi connectivity index (χ4v) is 3.91. The lowest BCUT2D eigenvalue weighted by Crippen LogP contribution is -2.38. The Labute approximate surface area is 184 Å². The maximum Gasteiger partial charge on any atom is 0.349 e. The number of nitrogens with one attached hydrogen (secondary N) is 1. The first-order valence-electron chi connectivity index (χ1n) is 10.8. The van der Waals surface area contributed by atoms with E-state index in [1.807, 2.05) is 6.07 Å². The summed E-state index contributed by atoms with van der Waals surface area (Å²) in [6.07, 6.45) is 2.20. The van der Waals surface area contributed by atoms with Gasteiger partial charge in [-0.05, 0) is 25.0 Å². The number of benzene rings is 1. The van der Waals surface area contributed by atoms with Gasteiger partial charge >= 0.3 is 5.63 Å². The number of rotatable bonds is 5. The number of carbonyl (C=O) groups excluding carboxylic acids is 1. The van der Waals surface area contributed by atoms with E-state index in [2.05, 4.69) is 30.1 Å². The molecule has 5 rings (SSSR count). The molecule has 0 saturated carbocycles. The van der Waals surface area contributed by atoms with Crippen molar-refractivity contribution in [2.75, 3.05) is 49.2 Å². The molecule has 2 aromatic heterocycles. The first kappa shape index (κ1) is 20.4. The van der Waals surface area contributed by atoms with Crippen molar-refractivity contribution >= 4 is 28.8 Å². The summed E-state index contributed by atoms with van der Waals surface area (Å²) in [5.74, 6) is 1.12. The van der Waals surface area contributed by atoms with E-state index >= 15 is 0 Å². The lowest BCUT2D eigenvalue weighted by molar-refractivity contribution is 0.0946. The van der Waals surface area contributed by atoms with Gasteiger partial charge in [0.05, 0.1) is 19.8 Å². The highest BCUT2D eigenvalue weighted by atomic mass is 16.5. The summed E-state index contributed by atoms with van der Waals surface area (Å²) >= 11 is 0. The van der Waals surface area contributed by atoms with Crippen molar-refractivity contribution in [1.29, 1.82) is 0 Å². The minimum atomic E-state index is -0.677. The van der Waals surface area contributed by atoms with E-state index in [1.54, 1.807) is 24.3 Å². The predicted octanol–water partition coefficient (Wildman–Crippen LogP) is 1.34. The standard InChI is InChI=1S/C22H24N6O4/c29-19(16-13-15-5-1-2-6-17(15)32-20(16)30)23-14-18-24-21(27-7-3-4-8-27)26-22(25-18)28-9-11-31-12-10-28/h1-2,5-6,13H,3-4,7-12,14H2,(H,23,29). The van der Waals surface area contributed by atoms with Crippen molar-refractivity contribution < 1.29 is 13.9 Å². The fourth-order valence-electron chi connectivity index (χ4n) is 3.91. The second kappa shape index (κ2) is 8.91. The molecule has 2 aliphatic heterocycles. The van der Waals surface area contributed by atoms with Crippen LogP contribution in [0, 0.1) is 0 Å². The van der Waals surface area contributed by atoms with Crippen molar-refractivity contribution in [2.24, 2.45) is 0 Å². The van der Waals surface area contributed by atoms with Crippen molar-refractivity contribution in [3.63, 3.8) is 0 Å². The van der Waals surface area contributed by atoms with Gasteiger partial charge < -0.3 is 24.3 Å². The Kier molecular flexibility index (Phi) is 5.68. The Balaban J connectivity index is 1.38. The third-order valence-corrected chi connectivity index (χ3v) is 5.63. The topological polar surface area (TPSA) is 114 Å². The first-order valence-corrected chi connectivity index (χ1v) is 10.8. The Hall–Kier alpha value is -3.53. The average molecular weight is 436 g/mol. The summed E-state index contributed by atoms with van der Waals surface area (Å²) < 4.78 is 10.7.